The van der Waals surface area contributed by atoms with Crippen LogP contribution in [-0.2, 0) is 6.54 Å². The summed E-state index contributed by atoms with van der Waals surface area (Å²) in [5.74, 6) is -0.212. The van der Waals surface area contributed by atoms with Crippen molar-refractivity contribution in [3.05, 3.63) is 64.4 Å². The molecule has 2 aromatic carbocycles. The van der Waals surface area contributed by atoms with Gasteiger partial charge in [0.15, 0.2) is 0 Å². The Morgan fingerprint density at radius 3 is 2.23 bits per heavy atom. The molecule has 0 radical (unpaired) electrons. The summed E-state index contributed by atoms with van der Waals surface area (Å²) < 4.78 is 13.8. The van der Waals surface area contributed by atoms with Crippen LogP contribution in [0.5, 0.6) is 0 Å². The van der Waals surface area contributed by atoms with Gasteiger partial charge in [0.05, 0.1) is 0 Å². The maximum Gasteiger partial charge on any atom is 0.123 e. The van der Waals surface area contributed by atoms with Crippen molar-refractivity contribution in [3.8, 4) is 0 Å². The number of benzene rings is 2. The Bertz CT molecular complexity index is 677. The fraction of sp³-hybridized carbons (Fsp3) is 0.520. The van der Waals surface area contributed by atoms with Gasteiger partial charge in [-0.2, -0.15) is 0 Å². The van der Waals surface area contributed by atoms with E-state index in [4.69, 9.17) is 17.3 Å². The summed E-state index contributed by atoms with van der Waals surface area (Å²) in [4.78, 5) is 2.40. The third-order valence-electron chi connectivity index (χ3n) is 4.64. The lowest BCUT2D eigenvalue weighted by atomic mass is 10.00. The highest BCUT2D eigenvalue weighted by atomic mass is 35.5. The number of nitrogens with one attached hydrogen (secondary N) is 1. The number of halogens is 2. The zero-order chi connectivity index (χ0) is 22.9. The Morgan fingerprint density at radius 2 is 1.70 bits per heavy atom. The summed E-state index contributed by atoms with van der Waals surface area (Å²) in [5.41, 5.74) is 9.02. The summed E-state index contributed by atoms with van der Waals surface area (Å²) in [7, 11) is 1.86. The van der Waals surface area contributed by atoms with Crippen molar-refractivity contribution in [2.45, 2.75) is 66.5 Å². The largest absolute Gasteiger partial charge is 0.388 e. The van der Waals surface area contributed by atoms with Crippen LogP contribution >= 0.6 is 11.6 Å². The number of nitrogens with two attached hydrogens (primary N) is 1. The highest BCUT2D eigenvalue weighted by Gasteiger charge is 2.21. The third kappa shape index (κ3) is 9.46. The summed E-state index contributed by atoms with van der Waals surface area (Å²) in [6, 6.07) is 13.0. The van der Waals surface area contributed by atoms with Crippen LogP contribution in [0.1, 0.15) is 71.0 Å². The number of hydrogen-bond acceptors (Lipinski definition) is 3. The molecule has 0 heterocycles. The average molecular weight is 438 g/mol. The highest BCUT2D eigenvalue weighted by Crippen LogP contribution is 2.29. The van der Waals surface area contributed by atoms with Crippen molar-refractivity contribution >= 4 is 17.3 Å². The first-order valence-corrected chi connectivity index (χ1v) is 11.6. The number of anilines is 1. The van der Waals surface area contributed by atoms with Crippen molar-refractivity contribution in [3.63, 3.8) is 0 Å². The molecule has 5 heteroatoms. The zero-order valence-corrected chi connectivity index (χ0v) is 20.4. The first-order chi connectivity index (χ1) is 14.6. The molecule has 3 N–H and O–H groups in total. The second-order valence-electron chi connectivity index (χ2n) is 6.52. The monoisotopic (exact) mass is 437 g/mol. The van der Waals surface area contributed by atoms with Gasteiger partial charge in [0.2, 0.25) is 0 Å². The molecule has 1 atom stereocenters. The summed E-state index contributed by atoms with van der Waals surface area (Å²) >= 11 is 6.06. The Morgan fingerprint density at radius 1 is 1.07 bits per heavy atom. The van der Waals surface area contributed by atoms with E-state index in [-0.39, 0.29) is 11.9 Å². The molecule has 0 amide bonds. The Labute approximate surface area is 188 Å². The van der Waals surface area contributed by atoms with E-state index in [1.807, 2.05) is 46.9 Å². The Hall–Kier alpha value is -1.62. The Balaban J connectivity index is 0.00000198. The molecule has 0 spiro atoms. The molecule has 2 aromatic rings. The van der Waals surface area contributed by atoms with Gasteiger partial charge < -0.3 is 11.1 Å². The summed E-state index contributed by atoms with van der Waals surface area (Å²) in [6.45, 7) is 12.4. The van der Waals surface area contributed by atoms with Gasteiger partial charge in [-0.3, -0.25) is 4.90 Å². The average Bonchev–Trinajstić information content (AvgIpc) is 2.79. The fourth-order valence-corrected chi connectivity index (χ4v) is 3.39. The van der Waals surface area contributed by atoms with E-state index in [0.29, 0.717) is 13.1 Å². The maximum atomic E-state index is 13.8. The quantitative estimate of drug-likeness (QED) is 0.410. The zero-order valence-electron chi connectivity index (χ0n) is 19.6. The highest BCUT2D eigenvalue weighted by molar-refractivity contribution is 6.30. The molecule has 0 unspecified atom stereocenters. The van der Waals surface area contributed by atoms with Crippen LogP contribution in [0.15, 0.2) is 42.5 Å². The van der Waals surface area contributed by atoms with Crippen molar-refractivity contribution in [2.24, 2.45) is 5.73 Å². The van der Waals surface area contributed by atoms with E-state index >= 15 is 0 Å². The molecule has 3 nitrogen and oxygen atoms in total. The topological polar surface area (TPSA) is 41.3 Å². The first kappa shape index (κ1) is 28.4. The normalized spacial score (nSPS) is 11.1. The van der Waals surface area contributed by atoms with E-state index in [9.17, 15) is 4.39 Å². The van der Waals surface area contributed by atoms with E-state index in [0.717, 1.165) is 42.1 Å². The van der Waals surface area contributed by atoms with Crippen molar-refractivity contribution < 1.29 is 4.39 Å². The van der Waals surface area contributed by atoms with Crippen LogP contribution in [0.3, 0.4) is 0 Å². The van der Waals surface area contributed by atoms with Gasteiger partial charge in [-0.05, 0) is 67.4 Å². The van der Waals surface area contributed by atoms with Crippen LogP contribution < -0.4 is 11.1 Å². The molecule has 0 saturated carbocycles. The van der Waals surface area contributed by atoms with Crippen molar-refractivity contribution in [1.82, 2.24) is 4.90 Å². The molecule has 0 aromatic heterocycles. The van der Waals surface area contributed by atoms with Crippen LogP contribution in [-0.4, -0.2) is 25.0 Å². The van der Waals surface area contributed by atoms with E-state index in [1.165, 1.54) is 11.6 Å². The van der Waals surface area contributed by atoms with Crippen LogP contribution in [0.2, 0.25) is 5.02 Å². The molecule has 2 rings (SSSR count). The van der Waals surface area contributed by atoms with E-state index in [1.54, 1.807) is 12.1 Å². The molecule has 0 aliphatic rings. The number of rotatable bonds is 10. The van der Waals surface area contributed by atoms with Crippen LogP contribution in [0.4, 0.5) is 10.1 Å². The summed E-state index contributed by atoms with van der Waals surface area (Å²) in [6.07, 6.45) is 3.03. The lowest BCUT2D eigenvalue weighted by Gasteiger charge is -2.33. The predicted molar refractivity (Wildman–Crippen MR) is 132 cm³/mol. The standard InChI is InChI=1S/C21H29ClFN3.2C2H6/c1-3-4-13-26(15-17-14-19(23)9-10-20(17)25-2)21(11-12-24)16-5-7-18(22)8-6-16;2*1-2/h5-10,14,21,25H,3-4,11-13,15,24H2,1-2H3;2*1-2H3/t21-;;/m1../s1. The number of nitrogens with zero attached hydrogens (tertiary/aromatic N) is 1. The fourth-order valence-electron chi connectivity index (χ4n) is 3.26. The second-order valence-corrected chi connectivity index (χ2v) is 6.96. The van der Waals surface area contributed by atoms with Crippen LogP contribution in [0, 0.1) is 5.82 Å². The maximum absolute atomic E-state index is 13.8. The second kappa shape index (κ2) is 17.1. The number of hydrogen-bond donors (Lipinski definition) is 2. The summed E-state index contributed by atoms with van der Waals surface area (Å²) in [5, 5.41) is 3.89. The molecule has 0 fully saturated rings. The minimum absolute atomic E-state index is 0.178. The molecule has 30 heavy (non-hydrogen) atoms. The van der Waals surface area contributed by atoms with Gasteiger partial charge in [0.25, 0.3) is 0 Å². The van der Waals surface area contributed by atoms with Crippen LogP contribution in [0.25, 0.3) is 0 Å². The first-order valence-electron chi connectivity index (χ1n) is 11.2. The van der Waals surface area contributed by atoms with Gasteiger partial charge in [-0.25, -0.2) is 4.39 Å². The predicted octanol–water partition coefficient (Wildman–Crippen LogP) is 7.27. The number of unbranched alkanes of at least 4 members (excludes halogenated alkanes) is 1. The van der Waals surface area contributed by atoms with Gasteiger partial charge in [-0.15, -0.1) is 0 Å². The molecule has 170 valence electrons. The molecular formula is C25H41ClFN3. The molecule has 0 saturated heterocycles. The SMILES string of the molecule is CC.CC.CCCCN(Cc1cc(F)ccc1NC)[C@H](CCN)c1ccc(Cl)cc1. The molecule has 0 aliphatic carbocycles. The van der Waals surface area contributed by atoms with Gasteiger partial charge >= 0.3 is 0 Å². The molecule has 0 aliphatic heterocycles. The van der Waals surface area contributed by atoms with Gasteiger partial charge in [-0.1, -0.05) is 64.8 Å². The molecule has 0 bridgehead atoms. The third-order valence-corrected chi connectivity index (χ3v) is 4.90. The van der Waals surface area contributed by atoms with E-state index in [2.05, 4.69) is 29.3 Å². The minimum atomic E-state index is -0.212. The van der Waals surface area contributed by atoms with Gasteiger partial charge in [0, 0.05) is 30.3 Å². The van der Waals surface area contributed by atoms with Crippen molar-refractivity contribution in [1.29, 1.82) is 0 Å². The minimum Gasteiger partial charge on any atom is -0.388 e. The molecular weight excluding hydrogens is 397 g/mol. The van der Waals surface area contributed by atoms with Gasteiger partial charge in [0.1, 0.15) is 5.82 Å². The van der Waals surface area contributed by atoms with E-state index < -0.39 is 0 Å². The lowest BCUT2D eigenvalue weighted by molar-refractivity contribution is 0.177. The lowest BCUT2D eigenvalue weighted by Crippen LogP contribution is -2.31. The Kier molecular flexibility index (Phi) is 16.2. The smallest absolute Gasteiger partial charge is 0.123 e. The van der Waals surface area contributed by atoms with Crippen molar-refractivity contribution in [2.75, 3.05) is 25.5 Å².